The predicted octanol–water partition coefficient (Wildman–Crippen LogP) is 21.8. The number of carboxylic acids is 4. The Morgan fingerprint density at radius 2 is 0.645 bits per heavy atom. The van der Waals surface area contributed by atoms with Crippen molar-refractivity contribution in [3.8, 4) is 44.6 Å². The van der Waals surface area contributed by atoms with Crippen LogP contribution in [0.3, 0.4) is 0 Å². The molecule has 24 heteroatoms. The van der Waals surface area contributed by atoms with Gasteiger partial charge in [0.25, 0.3) is 0 Å². The number of thiophene rings is 4. The van der Waals surface area contributed by atoms with Crippen molar-refractivity contribution < 1.29 is 95.7 Å². The quantitative estimate of drug-likeness (QED) is 0.0371. The zero-order valence-electron chi connectivity index (χ0n) is 85.2. The second kappa shape index (κ2) is 44.1. The van der Waals surface area contributed by atoms with Gasteiger partial charge in [0.2, 0.25) is 23.6 Å². The van der Waals surface area contributed by atoms with Crippen molar-refractivity contribution in [1.82, 2.24) is 0 Å². The molecule has 0 bridgehead atoms. The molecule has 20 nitrogen and oxygen atoms in total. The molecule has 4 heterocycles. The summed E-state index contributed by atoms with van der Waals surface area (Å²) in [4.78, 5) is 113. The minimum atomic E-state index is -3.01. The topological polar surface area (TPSA) is 311 Å². The van der Waals surface area contributed by atoms with Crippen molar-refractivity contribution in [2.24, 2.45) is 58.2 Å². The smallest absolute Gasteiger partial charge is 0.348 e. The first-order valence-electron chi connectivity index (χ1n) is 50.3. The molecular formula is C100H132N4O16S4. The standard InChI is InChI=1S/2C25H31NO4S.2C25H35NO4S/c2*1-16-7-9-18(10-8-16)24(28)26(19-11-13-20(27)14-12-19)21-15-22(31-23(21)25(29)30)17-5-3-2-4-6-17;2*1-16-5-7-17(8-6-16)23(28)26(18-9-11-19(27)12-10-18)21-15-20(13-14-25(2,3)4)31-22(21)24(29)30/h2*2-6,15-16,18-20,27H,7-14H2,1H3,(H,29,30);2*15-19,27H,5-12H2,1-4H3,(H,29,30)/i2D,3D,4D,5D,6D;20D;11D2,12D2,19D;19D. The molecule has 0 radical (unpaired) electrons. The lowest BCUT2D eigenvalue weighted by atomic mass is 9.81. The molecule has 0 saturated heterocycles. The number of anilines is 4. The third kappa shape index (κ3) is 26.1. The molecule has 0 unspecified atom stereocenters. The van der Waals surface area contributed by atoms with Gasteiger partial charge in [0, 0.05) is 73.9 Å². The largest absolute Gasteiger partial charge is 0.477 e. The van der Waals surface area contributed by atoms with Crippen LogP contribution in [0.25, 0.3) is 20.9 Å². The number of aromatic carboxylic acids is 4. The SMILES string of the molecule is [2H]C1(O)CCC(N(C(=O)C2CCC(C)CC2)c2cc(-c3ccccc3)sc2C(=O)O)CC1.[2H]C1(O)CCC(N(C(=O)C2CCC(C)CC2)c2cc(C#CC(C)(C)C)sc2C(=O)O)CC1.[2H]C1([2H])CC(N(C(=O)C2CCC(C)CC2)c2cc(C#CC(C)(C)C)sc2C(=O)O)CC([2H])([2H])C1([2H])O.[2H]c1c([2H])c([2H])c(-c2cc(N(C(=O)C3CCC(C)CC3)C3CCC(O)CC3)c(C(=O)O)s2)c([2H])c1[2H]. The van der Waals surface area contributed by atoms with Gasteiger partial charge in [-0.1, -0.05) is 112 Å². The summed E-state index contributed by atoms with van der Waals surface area (Å²) >= 11 is 4.05. The summed E-state index contributed by atoms with van der Waals surface area (Å²) in [5.74, 6) is 8.55. The summed E-state index contributed by atoms with van der Waals surface area (Å²) in [6.07, 6.45) is 5.87. The fourth-order valence-corrected chi connectivity index (χ4v) is 21.6. The van der Waals surface area contributed by atoms with Crippen molar-refractivity contribution in [3.63, 3.8) is 0 Å². The number of aliphatic hydroxyl groups excluding tert-OH is 1. The molecule has 8 aliphatic rings. The molecule has 4 amide bonds. The maximum Gasteiger partial charge on any atom is 0.348 e. The van der Waals surface area contributed by atoms with E-state index >= 15 is 0 Å². The van der Waals surface area contributed by atoms with Crippen LogP contribution in [0.1, 0.15) is 339 Å². The van der Waals surface area contributed by atoms with Crippen molar-refractivity contribution in [2.75, 3.05) is 19.6 Å². The predicted molar refractivity (Wildman–Crippen MR) is 496 cm³/mol. The molecule has 124 heavy (non-hydrogen) atoms. The lowest BCUT2D eigenvalue weighted by Gasteiger charge is -2.38. The normalized spacial score (nSPS) is 30.5. The molecule has 0 aliphatic heterocycles. The third-order valence-corrected chi connectivity index (χ3v) is 29.5. The summed E-state index contributed by atoms with van der Waals surface area (Å²) in [5.41, 5.74) is 1.46. The van der Waals surface area contributed by atoms with Gasteiger partial charge >= 0.3 is 23.9 Å². The minimum absolute atomic E-state index is 0.00256. The molecule has 4 aromatic heterocycles. The van der Waals surface area contributed by atoms with Gasteiger partial charge < -0.3 is 60.5 Å². The van der Waals surface area contributed by atoms with Gasteiger partial charge in [-0.05, 0) is 306 Å². The van der Waals surface area contributed by atoms with Crippen LogP contribution in [0.2, 0.25) is 0 Å². The Bertz CT molecular complexity index is 5370. The number of benzene rings is 2. The molecule has 672 valence electrons. The molecule has 8 fully saturated rings. The van der Waals surface area contributed by atoms with Gasteiger partial charge in [-0.2, -0.15) is 0 Å². The van der Waals surface area contributed by atoms with Crippen LogP contribution in [0, 0.1) is 81.9 Å². The molecule has 8 N–H and O–H groups in total. The second-order valence-corrected chi connectivity index (χ2v) is 41.6. The van der Waals surface area contributed by atoms with Crippen LogP contribution in [0.15, 0.2) is 84.8 Å². The zero-order chi connectivity index (χ0) is 100. The average Bonchev–Trinajstić information content (AvgIpc) is 0.755. The zero-order valence-corrected chi connectivity index (χ0v) is 76.4. The number of aliphatic hydroxyl groups is 4. The van der Waals surface area contributed by atoms with Crippen molar-refractivity contribution in [1.29, 1.82) is 0 Å². The molecule has 2 aromatic carbocycles. The van der Waals surface area contributed by atoms with Gasteiger partial charge in [-0.25, -0.2) is 19.2 Å². The number of hydrogen-bond acceptors (Lipinski definition) is 16. The molecule has 8 saturated carbocycles. The Labute approximate surface area is 766 Å². The molecule has 0 spiro atoms. The summed E-state index contributed by atoms with van der Waals surface area (Å²) in [6.45, 7) is 20.4. The first-order valence-corrected chi connectivity index (χ1v) is 47.6. The van der Waals surface area contributed by atoms with E-state index in [0.717, 1.165) is 134 Å². The number of carbonyl (C=O) groups excluding carboxylic acids is 4. The van der Waals surface area contributed by atoms with E-state index in [9.17, 15) is 79.2 Å². The van der Waals surface area contributed by atoms with E-state index in [1.165, 1.54) is 28.4 Å². The van der Waals surface area contributed by atoms with E-state index < -0.39 is 116 Å². The van der Waals surface area contributed by atoms with E-state index in [1.807, 2.05) is 77.9 Å². The molecule has 8 aliphatic carbocycles. The van der Waals surface area contributed by atoms with E-state index in [1.54, 1.807) is 20.8 Å². The summed E-state index contributed by atoms with van der Waals surface area (Å²) in [7, 11) is 0. The lowest BCUT2D eigenvalue weighted by molar-refractivity contribution is -0.125. The molecule has 14 rings (SSSR count). The van der Waals surface area contributed by atoms with E-state index in [-0.39, 0.29) is 137 Å². The highest BCUT2D eigenvalue weighted by Gasteiger charge is 2.43. The van der Waals surface area contributed by atoms with Crippen LogP contribution >= 0.6 is 45.3 Å². The molecular weight excluding hydrogens is 1640 g/mol. The maximum absolute atomic E-state index is 13.9. The highest BCUT2D eigenvalue weighted by molar-refractivity contribution is 7.18. The van der Waals surface area contributed by atoms with Gasteiger partial charge in [0.15, 0.2) is 0 Å². The van der Waals surface area contributed by atoms with Crippen LogP contribution in [-0.4, -0.2) is 137 Å². The maximum atomic E-state index is 13.9. The highest BCUT2D eigenvalue weighted by Crippen LogP contribution is 2.47. The first kappa shape index (κ1) is 80.5. The first-order chi connectivity index (χ1) is 63.5. The van der Waals surface area contributed by atoms with E-state index in [4.69, 9.17) is 16.4 Å². The Balaban J connectivity index is 0.000000174. The van der Waals surface area contributed by atoms with Crippen molar-refractivity contribution in [2.45, 2.75) is 323 Å². The summed E-state index contributed by atoms with van der Waals surface area (Å²) in [5, 5.41) is 80.6. The molecule has 6 aromatic rings. The highest BCUT2D eigenvalue weighted by atomic mass is 32.1. The Hall–Kier alpha value is -8.04. The van der Waals surface area contributed by atoms with E-state index in [0.29, 0.717) is 109 Å². The fraction of sp³-hybridized carbons (Fsp3) is 0.600. The van der Waals surface area contributed by atoms with Crippen LogP contribution in [0.5, 0.6) is 0 Å². The lowest BCUT2D eigenvalue weighted by Crippen LogP contribution is -2.47. The third-order valence-electron chi connectivity index (χ3n) is 25.2. The van der Waals surface area contributed by atoms with Crippen LogP contribution < -0.4 is 19.6 Å². The molecule has 0 atom stereocenters. The van der Waals surface area contributed by atoms with E-state index in [2.05, 4.69) is 51.4 Å². The number of hydrogen-bond donors (Lipinski definition) is 8. The Kier molecular flexibility index (Phi) is 28.6. The fourth-order valence-electron chi connectivity index (χ4n) is 18.0. The monoisotopic (exact) mass is 1780 g/mol. The van der Waals surface area contributed by atoms with Gasteiger partial charge in [0.1, 0.15) is 19.5 Å². The Morgan fingerprint density at radius 3 is 0.952 bits per heavy atom. The van der Waals surface area contributed by atoms with Crippen LogP contribution in [-0.2, 0) is 19.2 Å². The van der Waals surface area contributed by atoms with Gasteiger partial charge in [0.05, 0.1) is 67.8 Å². The second-order valence-electron chi connectivity index (χ2n) is 37.4. The number of rotatable bonds is 18. The number of amides is 4. The Morgan fingerprint density at radius 1 is 0.363 bits per heavy atom. The summed E-state index contributed by atoms with van der Waals surface area (Å²) < 4.78 is 97.6. The van der Waals surface area contributed by atoms with Gasteiger partial charge in [-0.3, -0.25) is 19.2 Å². The van der Waals surface area contributed by atoms with Crippen LogP contribution in [0.4, 0.5) is 22.7 Å². The number of carbonyl (C=O) groups is 8. The minimum Gasteiger partial charge on any atom is -0.477 e. The summed E-state index contributed by atoms with van der Waals surface area (Å²) in [6, 6.07) is 12.1. The average molecular weight is 1790 g/mol. The number of nitrogens with zero attached hydrogens (tertiary/aromatic N) is 4. The number of carboxylic acid groups (broad SMARTS) is 4. The van der Waals surface area contributed by atoms with Crippen molar-refractivity contribution >= 4 is 116 Å². The van der Waals surface area contributed by atoms with Gasteiger partial charge in [-0.15, -0.1) is 45.3 Å². The van der Waals surface area contributed by atoms with Crippen molar-refractivity contribution in [3.05, 3.63) is 114 Å².